The molecule has 3 aromatic carbocycles. The van der Waals surface area contributed by atoms with Gasteiger partial charge in [0.05, 0.1) is 11.4 Å². The third kappa shape index (κ3) is 5.35. The summed E-state index contributed by atoms with van der Waals surface area (Å²) in [7, 11) is 0. The summed E-state index contributed by atoms with van der Waals surface area (Å²) in [5.74, 6) is 1.04. The van der Waals surface area contributed by atoms with Gasteiger partial charge in [0, 0.05) is 45.4 Å². The number of nitrogens with zero attached hydrogens (tertiary/aromatic N) is 3. The largest absolute Gasteiger partial charge is 0.344 e. The minimum absolute atomic E-state index is 0.0236. The van der Waals surface area contributed by atoms with Gasteiger partial charge in [0.15, 0.2) is 0 Å². The van der Waals surface area contributed by atoms with Crippen LogP contribution in [0.25, 0.3) is 61.3 Å². The van der Waals surface area contributed by atoms with Crippen LogP contribution in [-0.4, -0.2) is 19.5 Å². The molecular formula is C41H40N4. The number of hydrogen-bond donors (Lipinski definition) is 1. The first-order valence-corrected chi connectivity index (χ1v) is 15.7. The van der Waals surface area contributed by atoms with Gasteiger partial charge in [-0.05, 0) is 88.5 Å². The number of benzene rings is 3. The van der Waals surface area contributed by atoms with E-state index in [1.54, 1.807) is 0 Å². The zero-order chi connectivity index (χ0) is 31.5. The van der Waals surface area contributed by atoms with Crippen LogP contribution < -0.4 is 0 Å². The highest BCUT2D eigenvalue weighted by molar-refractivity contribution is 5.94. The molecule has 45 heavy (non-hydrogen) atoms. The van der Waals surface area contributed by atoms with Crippen molar-refractivity contribution in [2.24, 2.45) is 0 Å². The lowest BCUT2D eigenvalue weighted by molar-refractivity contribution is 0.569. The van der Waals surface area contributed by atoms with E-state index in [9.17, 15) is 0 Å². The molecule has 0 radical (unpaired) electrons. The Balaban J connectivity index is 1.44. The highest BCUT2D eigenvalue weighted by Gasteiger charge is 2.22. The Morgan fingerprint density at radius 2 is 1.22 bits per heavy atom. The third-order valence-electron chi connectivity index (χ3n) is 8.86. The quantitative estimate of drug-likeness (QED) is 0.222. The van der Waals surface area contributed by atoms with Gasteiger partial charge < -0.3 is 4.98 Å². The molecule has 0 atom stereocenters. The lowest BCUT2D eigenvalue weighted by Gasteiger charge is -2.26. The Bertz CT molecular complexity index is 2150. The summed E-state index contributed by atoms with van der Waals surface area (Å²) in [6, 6.07) is 34.9. The summed E-state index contributed by atoms with van der Waals surface area (Å²) < 4.78 is 2.18. The Hall–Kier alpha value is -4.96. The van der Waals surface area contributed by atoms with E-state index in [0.29, 0.717) is 0 Å². The standard InChI is InChI=1S/C41H40N4/c1-26-34-12-8-9-13-35(34)39(43-26)45-19-17-27-15-16-37(44-38(27)45)31-21-28(20-30(22-31)36-14-10-11-18-42-36)29-23-32(40(2,3)4)25-33(24-29)41(5,6)7/h8-25,43H,1-7H3. The van der Waals surface area contributed by atoms with Crippen molar-refractivity contribution >= 4 is 21.8 Å². The van der Waals surface area contributed by atoms with Crippen LogP contribution in [0.4, 0.5) is 0 Å². The first kappa shape index (κ1) is 28.8. The molecule has 7 rings (SSSR count). The fourth-order valence-electron chi connectivity index (χ4n) is 6.15. The van der Waals surface area contributed by atoms with Crippen LogP contribution in [0.1, 0.15) is 58.4 Å². The number of nitrogens with one attached hydrogen (secondary N) is 1. The van der Waals surface area contributed by atoms with Crippen LogP contribution in [0, 0.1) is 6.92 Å². The first-order valence-electron chi connectivity index (χ1n) is 15.7. The highest BCUT2D eigenvalue weighted by Crippen LogP contribution is 2.38. The van der Waals surface area contributed by atoms with E-state index in [1.165, 1.54) is 27.5 Å². The molecule has 4 heterocycles. The Morgan fingerprint density at radius 1 is 0.600 bits per heavy atom. The van der Waals surface area contributed by atoms with Crippen LogP contribution in [0.15, 0.2) is 109 Å². The van der Waals surface area contributed by atoms with Crippen molar-refractivity contribution in [2.75, 3.05) is 0 Å². The van der Waals surface area contributed by atoms with Gasteiger partial charge in [0.2, 0.25) is 0 Å². The molecule has 0 bridgehead atoms. The van der Waals surface area contributed by atoms with Crippen molar-refractivity contribution in [2.45, 2.75) is 59.3 Å². The van der Waals surface area contributed by atoms with Gasteiger partial charge in [0.25, 0.3) is 0 Å². The van der Waals surface area contributed by atoms with E-state index in [4.69, 9.17) is 9.97 Å². The maximum absolute atomic E-state index is 5.30. The molecule has 0 spiro atoms. The van der Waals surface area contributed by atoms with Gasteiger partial charge in [-0.1, -0.05) is 90.1 Å². The van der Waals surface area contributed by atoms with Crippen LogP contribution in [0.3, 0.4) is 0 Å². The molecule has 4 nitrogen and oxygen atoms in total. The predicted molar refractivity (Wildman–Crippen MR) is 189 cm³/mol. The molecule has 7 aromatic rings. The third-order valence-corrected chi connectivity index (χ3v) is 8.86. The predicted octanol–water partition coefficient (Wildman–Crippen LogP) is 10.8. The number of aromatic amines is 1. The normalized spacial score (nSPS) is 12.3. The SMILES string of the molecule is Cc1[nH]c(-n2ccc3ccc(-c4cc(-c5cc(C(C)(C)C)cc(C(C)(C)C)c5)cc(-c5ccccn5)c4)nc32)c2ccccc12. The van der Waals surface area contributed by atoms with Crippen molar-refractivity contribution in [3.8, 4) is 39.5 Å². The van der Waals surface area contributed by atoms with Crippen molar-refractivity contribution in [3.63, 3.8) is 0 Å². The van der Waals surface area contributed by atoms with E-state index in [1.807, 2.05) is 18.3 Å². The van der Waals surface area contributed by atoms with Gasteiger partial charge in [-0.25, -0.2) is 4.98 Å². The maximum atomic E-state index is 5.30. The van der Waals surface area contributed by atoms with Crippen LogP contribution in [-0.2, 0) is 10.8 Å². The van der Waals surface area contributed by atoms with Gasteiger partial charge in [0.1, 0.15) is 11.5 Å². The summed E-state index contributed by atoms with van der Waals surface area (Å²) in [6.07, 6.45) is 3.97. The summed E-state index contributed by atoms with van der Waals surface area (Å²) in [6.45, 7) is 15.9. The minimum atomic E-state index is 0.0236. The maximum Gasteiger partial charge on any atom is 0.146 e. The number of aryl methyl sites for hydroxylation is 1. The fourth-order valence-corrected chi connectivity index (χ4v) is 6.15. The number of hydrogen-bond acceptors (Lipinski definition) is 2. The molecule has 1 N–H and O–H groups in total. The van der Waals surface area contributed by atoms with Crippen LogP contribution in [0.2, 0.25) is 0 Å². The molecule has 0 aliphatic heterocycles. The second kappa shape index (κ2) is 10.6. The second-order valence-corrected chi connectivity index (χ2v) is 14.3. The molecule has 0 amide bonds. The average molecular weight is 589 g/mol. The molecule has 0 fully saturated rings. The van der Waals surface area contributed by atoms with Crippen LogP contribution in [0.5, 0.6) is 0 Å². The first-order chi connectivity index (χ1) is 21.5. The lowest BCUT2D eigenvalue weighted by atomic mass is 9.78. The van der Waals surface area contributed by atoms with Crippen molar-refractivity contribution < 1.29 is 0 Å². The van der Waals surface area contributed by atoms with Crippen LogP contribution >= 0.6 is 0 Å². The van der Waals surface area contributed by atoms with E-state index in [2.05, 4.69) is 149 Å². The van der Waals surface area contributed by atoms with E-state index in [0.717, 1.165) is 50.6 Å². The van der Waals surface area contributed by atoms with Crippen molar-refractivity contribution in [3.05, 3.63) is 126 Å². The van der Waals surface area contributed by atoms with Crippen molar-refractivity contribution in [1.29, 1.82) is 0 Å². The molecule has 0 unspecified atom stereocenters. The average Bonchev–Trinajstić information content (AvgIpc) is 3.60. The molecule has 0 aliphatic carbocycles. The van der Waals surface area contributed by atoms with Crippen molar-refractivity contribution in [1.82, 2.24) is 19.5 Å². The van der Waals surface area contributed by atoms with Gasteiger partial charge in [-0.2, -0.15) is 0 Å². The van der Waals surface area contributed by atoms with Gasteiger partial charge >= 0.3 is 0 Å². The smallest absolute Gasteiger partial charge is 0.146 e. The summed E-state index contributed by atoms with van der Waals surface area (Å²) in [4.78, 5) is 13.7. The summed E-state index contributed by atoms with van der Waals surface area (Å²) in [5, 5.41) is 3.52. The molecule has 224 valence electrons. The molecule has 4 heteroatoms. The number of pyridine rings is 2. The summed E-state index contributed by atoms with van der Waals surface area (Å²) >= 11 is 0. The number of aromatic nitrogens is 4. The Labute approximate surface area is 265 Å². The highest BCUT2D eigenvalue weighted by atomic mass is 15.1. The van der Waals surface area contributed by atoms with E-state index in [-0.39, 0.29) is 10.8 Å². The molecule has 0 saturated carbocycles. The zero-order valence-electron chi connectivity index (χ0n) is 27.2. The molecular weight excluding hydrogens is 548 g/mol. The van der Waals surface area contributed by atoms with Gasteiger partial charge in [-0.3, -0.25) is 9.55 Å². The molecule has 4 aromatic heterocycles. The summed E-state index contributed by atoms with van der Waals surface area (Å²) in [5.41, 5.74) is 11.2. The van der Waals surface area contributed by atoms with Gasteiger partial charge in [-0.15, -0.1) is 0 Å². The minimum Gasteiger partial charge on any atom is -0.344 e. The fraction of sp³-hybridized carbons (Fsp3) is 0.220. The Morgan fingerprint density at radius 3 is 1.89 bits per heavy atom. The second-order valence-electron chi connectivity index (χ2n) is 14.3. The topological polar surface area (TPSA) is 46.5 Å². The lowest BCUT2D eigenvalue weighted by Crippen LogP contribution is -2.16. The molecule has 0 aliphatic rings. The number of fused-ring (bicyclic) bond motifs is 2. The van der Waals surface area contributed by atoms with E-state index < -0.39 is 0 Å². The zero-order valence-corrected chi connectivity index (χ0v) is 27.2. The molecule has 0 saturated heterocycles. The number of H-pyrrole nitrogens is 1. The monoisotopic (exact) mass is 588 g/mol. The van der Waals surface area contributed by atoms with E-state index >= 15 is 0 Å². The number of rotatable bonds is 4. The Kier molecular flexibility index (Phi) is 6.77.